The Morgan fingerprint density at radius 2 is 0.842 bits per heavy atom. The van der Waals surface area contributed by atoms with E-state index in [0.717, 1.165) is 49.7 Å². The van der Waals surface area contributed by atoms with E-state index in [1.165, 1.54) is 0 Å². The first-order valence-electron chi connectivity index (χ1n) is 13.5. The molecule has 2 rings (SSSR count). The number of primary amides is 2. The number of benzene rings is 2. The summed E-state index contributed by atoms with van der Waals surface area (Å²) < 4.78 is 0. The zero-order chi connectivity index (χ0) is 27.6. The van der Waals surface area contributed by atoms with Crippen LogP contribution in [0.4, 0.5) is 0 Å². The number of nitrogens with zero attached hydrogens (tertiary/aromatic N) is 2. The predicted octanol–water partition coefficient (Wildman–Crippen LogP) is 3.92. The molecule has 0 unspecified atom stereocenters. The Morgan fingerprint density at radius 1 is 0.500 bits per heavy atom. The molecular weight excluding hydrogens is 480 g/mol. The Bertz CT molecular complexity index is 916. The van der Waals surface area contributed by atoms with E-state index in [2.05, 4.69) is 0 Å². The molecule has 0 radical (unpaired) electrons. The van der Waals surface area contributed by atoms with Gasteiger partial charge in [-0.05, 0) is 24.0 Å². The van der Waals surface area contributed by atoms with Crippen molar-refractivity contribution >= 4 is 23.6 Å². The lowest BCUT2D eigenvalue weighted by Gasteiger charge is -2.22. The van der Waals surface area contributed by atoms with E-state index >= 15 is 0 Å². The molecule has 0 aliphatic rings. The largest absolute Gasteiger partial charge is 0.370 e. The summed E-state index contributed by atoms with van der Waals surface area (Å²) in [6, 6.07) is 19.5. The molecule has 8 nitrogen and oxygen atoms in total. The van der Waals surface area contributed by atoms with Crippen LogP contribution in [0, 0.1) is 0 Å². The molecule has 0 heterocycles. The number of hydrogen-bond acceptors (Lipinski definition) is 4. The van der Waals surface area contributed by atoms with Gasteiger partial charge < -0.3 is 21.3 Å². The maximum Gasteiger partial charge on any atom is 0.222 e. The Hall–Kier alpha value is -3.68. The maximum absolute atomic E-state index is 12.8. The molecule has 4 N–H and O–H groups in total. The van der Waals surface area contributed by atoms with Crippen LogP contribution in [0.5, 0.6) is 0 Å². The highest BCUT2D eigenvalue weighted by atomic mass is 16.2. The van der Waals surface area contributed by atoms with Crippen molar-refractivity contribution in [2.75, 3.05) is 13.1 Å². The van der Waals surface area contributed by atoms with Crippen LogP contribution in [0.25, 0.3) is 0 Å². The second-order valence-electron chi connectivity index (χ2n) is 9.66. The van der Waals surface area contributed by atoms with Gasteiger partial charge in [-0.3, -0.25) is 19.2 Å². The van der Waals surface area contributed by atoms with Crippen LogP contribution in [0.3, 0.4) is 0 Å². The zero-order valence-electron chi connectivity index (χ0n) is 22.4. The highest BCUT2D eigenvalue weighted by Gasteiger charge is 2.16. The van der Waals surface area contributed by atoms with Crippen LogP contribution in [-0.4, -0.2) is 46.5 Å². The Labute approximate surface area is 226 Å². The molecule has 0 bridgehead atoms. The van der Waals surface area contributed by atoms with Crippen LogP contribution in [0.1, 0.15) is 75.3 Å². The van der Waals surface area contributed by atoms with Crippen molar-refractivity contribution in [1.82, 2.24) is 9.80 Å². The summed E-state index contributed by atoms with van der Waals surface area (Å²) in [6.45, 7) is 1.61. The van der Waals surface area contributed by atoms with E-state index in [4.69, 9.17) is 11.5 Å². The van der Waals surface area contributed by atoms with Gasteiger partial charge in [0.1, 0.15) is 0 Å². The lowest BCUT2D eigenvalue weighted by Crippen LogP contribution is -2.33. The molecule has 2 aromatic rings. The van der Waals surface area contributed by atoms with Gasteiger partial charge >= 0.3 is 0 Å². The van der Waals surface area contributed by atoms with E-state index in [0.29, 0.717) is 39.0 Å². The fourth-order valence-electron chi connectivity index (χ4n) is 4.26. The minimum Gasteiger partial charge on any atom is -0.370 e. The fourth-order valence-corrected chi connectivity index (χ4v) is 4.26. The minimum atomic E-state index is -0.412. The molecule has 0 atom stereocenters. The van der Waals surface area contributed by atoms with Crippen LogP contribution in [0.15, 0.2) is 60.7 Å². The molecule has 38 heavy (non-hydrogen) atoms. The smallest absolute Gasteiger partial charge is 0.222 e. The molecule has 8 heteroatoms. The van der Waals surface area contributed by atoms with E-state index in [-0.39, 0.29) is 24.7 Å². The lowest BCUT2D eigenvalue weighted by atomic mass is 10.1. The fraction of sp³-hybridized carbons (Fsp3) is 0.467. The normalized spacial score (nSPS) is 10.6. The van der Waals surface area contributed by atoms with Crippen molar-refractivity contribution in [3.05, 3.63) is 71.8 Å². The molecule has 0 aliphatic carbocycles. The van der Waals surface area contributed by atoms with Crippen LogP contribution in [-0.2, 0) is 32.3 Å². The summed E-state index contributed by atoms with van der Waals surface area (Å²) >= 11 is 0. The predicted molar refractivity (Wildman–Crippen MR) is 148 cm³/mol. The van der Waals surface area contributed by atoms with Gasteiger partial charge in [-0.15, -0.1) is 0 Å². The average molecular weight is 523 g/mol. The van der Waals surface area contributed by atoms with Gasteiger partial charge in [0.15, 0.2) is 0 Å². The number of rotatable bonds is 19. The van der Waals surface area contributed by atoms with Crippen molar-refractivity contribution < 1.29 is 19.2 Å². The highest BCUT2D eigenvalue weighted by molar-refractivity contribution is 5.79. The van der Waals surface area contributed by atoms with Crippen LogP contribution in [0.2, 0.25) is 0 Å². The standard InChI is InChI=1S/C30H42N4O4/c31-27(35)19-21-33(23-25-13-7-5-8-14-25)29(37)17-11-3-1-2-4-12-18-30(38)34(22-20-28(32)36)24-26-15-9-6-10-16-26/h5-10,13-16H,1-4,11-12,17-24H2,(H2,31,35)(H2,32,36). The Morgan fingerprint density at radius 3 is 1.18 bits per heavy atom. The average Bonchev–Trinajstić information content (AvgIpc) is 2.91. The third-order valence-electron chi connectivity index (χ3n) is 6.43. The topological polar surface area (TPSA) is 127 Å². The van der Waals surface area contributed by atoms with Gasteiger partial charge in [0.25, 0.3) is 0 Å². The van der Waals surface area contributed by atoms with E-state index in [9.17, 15) is 19.2 Å². The molecular formula is C30H42N4O4. The first kappa shape index (κ1) is 30.5. The molecule has 0 saturated carbocycles. The zero-order valence-corrected chi connectivity index (χ0v) is 22.4. The molecule has 206 valence electrons. The Kier molecular flexibility index (Phi) is 14.2. The van der Waals surface area contributed by atoms with Crippen molar-refractivity contribution in [2.24, 2.45) is 11.5 Å². The molecule has 0 saturated heterocycles. The first-order valence-corrected chi connectivity index (χ1v) is 13.5. The van der Waals surface area contributed by atoms with E-state index in [1.807, 2.05) is 60.7 Å². The van der Waals surface area contributed by atoms with Crippen molar-refractivity contribution in [2.45, 2.75) is 77.3 Å². The molecule has 0 aromatic heterocycles. The van der Waals surface area contributed by atoms with Crippen molar-refractivity contribution in [1.29, 1.82) is 0 Å². The third-order valence-corrected chi connectivity index (χ3v) is 6.43. The number of nitrogens with two attached hydrogens (primary N) is 2. The van der Waals surface area contributed by atoms with E-state index < -0.39 is 11.8 Å². The van der Waals surface area contributed by atoms with Crippen molar-refractivity contribution in [3.8, 4) is 0 Å². The summed E-state index contributed by atoms with van der Waals surface area (Å²) in [6.07, 6.45) is 6.64. The van der Waals surface area contributed by atoms with Gasteiger partial charge in [-0.1, -0.05) is 86.3 Å². The quantitative estimate of drug-likeness (QED) is 0.271. The number of unbranched alkanes of at least 4 members (excludes halogenated alkanes) is 5. The highest BCUT2D eigenvalue weighted by Crippen LogP contribution is 2.14. The molecule has 4 amide bonds. The first-order chi connectivity index (χ1) is 18.3. The Balaban J connectivity index is 1.66. The molecule has 0 aliphatic heterocycles. The van der Waals surface area contributed by atoms with Gasteiger partial charge in [0, 0.05) is 51.9 Å². The monoisotopic (exact) mass is 522 g/mol. The van der Waals surface area contributed by atoms with Crippen LogP contribution < -0.4 is 11.5 Å². The molecule has 0 spiro atoms. The maximum atomic E-state index is 12.8. The van der Waals surface area contributed by atoms with Crippen molar-refractivity contribution in [3.63, 3.8) is 0 Å². The van der Waals surface area contributed by atoms with Gasteiger partial charge in [0.05, 0.1) is 0 Å². The third kappa shape index (κ3) is 13.0. The minimum absolute atomic E-state index is 0.0372. The summed E-state index contributed by atoms with van der Waals surface area (Å²) in [7, 11) is 0. The van der Waals surface area contributed by atoms with Gasteiger partial charge in [-0.2, -0.15) is 0 Å². The molecule has 2 aromatic carbocycles. The molecule has 0 fully saturated rings. The van der Waals surface area contributed by atoms with Crippen LogP contribution >= 0.6 is 0 Å². The number of carbonyl (C=O) groups is 4. The SMILES string of the molecule is NC(=O)CCN(Cc1ccccc1)C(=O)CCCCCCCCC(=O)N(CCC(N)=O)Cc1ccccc1. The number of amides is 4. The van der Waals surface area contributed by atoms with Gasteiger partial charge in [-0.25, -0.2) is 0 Å². The van der Waals surface area contributed by atoms with E-state index in [1.54, 1.807) is 9.80 Å². The lowest BCUT2D eigenvalue weighted by molar-refractivity contribution is -0.133. The second-order valence-corrected chi connectivity index (χ2v) is 9.66. The summed E-state index contributed by atoms with van der Waals surface area (Å²) in [5.41, 5.74) is 12.6. The van der Waals surface area contributed by atoms with Gasteiger partial charge in [0.2, 0.25) is 23.6 Å². The summed E-state index contributed by atoms with van der Waals surface area (Å²) in [4.78, 5) is 51.4. The number of carbonyl (C=O) groups excluding carboxylic acids is 4. The number of hydrogen-bond donors (Lipinski definition) is 2. The summed E-state index contributed by atoms with van der Waals surface area (Å²) in [5, 5.41) is 0. The second kappa shape index (κ2) is 17.7. The summed E-state index contributed by atoms with van der Waals surface area (Å²) in [5.74, 6) is -0.749.